The zero-order valence-electron chi connectivity index (χ0n) is 13.0. The average Bonchev–Trinajstić information content (AvgIpc) is 2.81. The molecule has 2 N–H and O–H groups in total. The summed E-state index contributed by atoms with van der Waals surface area (Å²) in [6.45, 7) is -0.688. The highest BCUT2D eigenvalue weighted by Gasteiger charge is 2.36. The first kappa shape index (κ1) is 19.0. The van der Waals surface area contributed by atoms with E-state index in [0.717, 1.165) is 16.7 Å². The number of imide groups is 1. The number of primary amides is 1. The van der Waals surface area contributed by atoms with Gasteiger partial charge < -0.3 is 15.2 Å². The second kappa shape index (κ2) is 8.17. The summed E-state index contributed by atoms with van der Waals surface area (Å²) in [6, 6.07) is 4.90. The predicted molar refractivity (Wildman–Crippen MR) is 93.5 cm³/mol. The zero-order chi connectivity index (χ0) is 18.6. The van der Waals surface area contributed by atoms with Crippen molar-refractivity contribution < 1.29 is 28.7 Å². The van der Waals surface area contributed by atoms with Crippen LogP contribution in [0.25, 0.3) is 6.08 Å². The molecular weight excluding hydrogens is 416 g/mol. The summed E-state index contributed by atoms with van der Waals surface area (Å²) in [5.74, 6) is -1.43. The van der Waals surface area contributed by atoms with Crippen molar-refractivity contribution in [3.05, 3.63) is 33.1 Å². The SMILES string of the molecule is COC(=O)CN1C(=O)S/C(=C\c2ccc(OCC(N)=O)c(Br)c2)C1=O. The number of esters is 1. The van der Waals surface area contributed by atoms with Gasteiger partial charge >= 0.3 is 5.97 Å². The van der Waals surface area contributed by atoms with Crippen LogP contribution in [0, 0.1) is 0 Å². The maximum Gasteiger partial charge on any atom is 0.325 e. The standard InChI is InChI=1S/C15H13BrN2O6S/c1-23-13(20)6-18-14(21)11(25-15(18)22)5-8-2-3-10(9(16)4-8)24-7-12(17)19/h2-5H,6-7H2,1H3,(H2,17,19)/b11-5-. The minimum Gasteiger partial charge on any atom is -0.483 e. The lowest BCUT2D eigenvalue weighted by Gasteiger charge is -2.09. The molecule has 25 heavy (non-hydrogen) atoms. The molecule has 132 valence electrons. The van der Waals surface area contributed by atoms with Crippen molar-refractivity contribution in [2.45, 2.75) is 0 Å². The van der Waals surface area contributed by atoms with Gasteiger partial charge in [-0.05, 0) is 51.5 Å². The number of amides is 3. The summed E-state index contributed by atoms with van der Waals surface area (Å²) in [6.07, 6.45) is 1.52. The molecule has 2 rings (SSSR count). The summed E-state index contributed by atoms with van der Waals surface area (Å²) < 4.78 is 10.2. The van der Waals surface area contributed by atoms with Gasteiger partial charge in [0.2, 0.25) is 0 Å². The molecule has 0 atom stereocenters. The molecule has 1 aliphatic heterocycles. The highest BCUT2D eigenvalue weighted by molar-refractivity contribution is 9.10. The van der Waals surface area contributed by atoms with Gasteiger partial charge in [0, 0.05) is 0 Å². The number of hydrogen-bond donors (Lipinski definition) is 1. The number of nitrogens with two attached hydrogens (primary N) is 1. The molecule has 10 heteroatoms. The Morgan fingerprint density at radius 1 is 1.36 bits per heavy atom. The zero-order valence-corrected chi connectivity index (χ0v) is 15.4. The maximum atomic E-state index is 12.2. The van der Waals surface area contributed by atoms with Crippen molar-refractivity contribution in [1.29, 1.82) is 0 Å². The molecule has 0 saturated carbocycles. The van der Waals surface area contributed by atoms with Crippen LogP contribution < -0.4 is 10.5 Å². The molecular formula is C15H13BrN2O6S. The first-order valence-electron chi connectivity index (χ1n) is 6.84. The summed E-state index contributed by atoms with van der Waals surface area (Å²) in [5.41, 5.74) is 5.64. The molecule has 1 fully saturated rings. The fraction of sp³-hybridized carbons (Fsp3) is 0.200. The molecule has 0 aromatic heterocycles. The normalized spacial score (nSPS) is 15.6. The average molecular weight is 429 g/mol. The van der Waals surface area contributed by atoms with E-state index in [4.69, 9.17) is 10.5 Å². The van der Waals surface area contributed by atoms with E-state index in [1.165, 1.54) is 13.2 Å². The summed E-state index contributed by atoms with van der Waals surface area (Å²) in [4.78, 5) is 47.1. The van der Waals surface area contributed by atoms with Gasteiger partial charge in [0.25, 0.3) is 17.1 Å². The second-order valence-corrected chi connectivity index (χ2v) is 6.64. The number of nitrogens with zero attached hydrogens (tertiary/aromatic N) is 1. The third-order valence-corrected chi connectivity index (χ3v) is 4.54. The molecule has 3 amide bonds. The van der Waals surface area contributed by atoms with Crippen LogP contribution in [0.5, 0.6) is 5.75 Å². The first-order valence-corrected chi connectivity index (χ1v) is 8.45. The van der Waals surface area contributed by atoms with Crippen molar-refractivity contribution in [3.8, 4) is 5.75 Å². The van der Waals surface area contributed by atoms with Gasteiger partial charge in [-0.25, -0.2) is 0 Å². The molecule has 0 spiro atoms. The van der Waals surface area contributed by atoms with E-state index in [9.17, 15) is 19.2 Å². The molecule has 1 aromatic rings. The van der Waals surface area contributed by atoms with Gasteiger partial charge in [0.05, 0.1) is 16.5 Å². The van der Waals surface area contributed by atoms with Gasteiger partial charge in [0.15, 0.2) is 6.61 Å². The molecule has 1 aromatic carbocycles. The van der Waals surface area contributed by atoms with Crippen LogP contribution in [-0.2, 0) is 19.1 Å². The Morgan fingerprint density at radius 2 is 2.08 bits per heavy atom. The molecule has 8 nitrogen and oxygen atoms in total. The topological polar surface area (TPSA) is 116 Å². The van der Waals surface area contributed by atoms with E-state index >= 15 is 0 Å². The van der Waals surface area contributed by atoms with Crippen molar-refractivity contribution >= 4 is 56.8 Å². The van der Waals surface area contributed by atoms with Crippen LogP contribution >= 0.6 is 27.7 Å². The Balaban J connectivity index is 2.16. The smallest absolute Gasteiger partial charge is 0.325 e. The van der Waals surface area contributed by atoms with Gasteiger partial charge in [-0.15, -0.1) is 0 Å². The van der Waals surface area contributed by atoms with Crippen LogP contribution in [0.4, 0.5) is 4.79 Å². The Labute approximate surface area is 155 Å². The third kappa shape index (κ3) is 4.83. The molecule has 1 heterocycles. The molecule has 0 unspecified atom stereocenters. The number of hydrogen-bond acceptors (Lipinski definition) is 7. The Morgan fingerprint density at radius 3 is 2.68 bits per heavy atom. The van der Waals surface area contributed by atoms with Crippen molar-refractivity contribution in [2.75, 3.05) is 20.3 Å². The van der Waals surface area contributed by atoms with E-state index in [1.807, 2.05) is 0 Å². The first-order chi connectivity index (χ1) is 11.8. The van der Waals surface area contributed by atoms with Crippen LogP contribution in [-0.4, -0.2) is 48.2 Å². The highest BCUT2D eigenvalue weighted by atomic mass is 79.9. The van der Waals surface area contributed by atoms with Gasteiger partial charge in [-0.1, -0.05) is 6.07 Å². The largest absolute Gasteiger partial charge is 0.483 e. The molecule has 0 aliphatic carbocycles. The molecule has 0 radical (unpaired) electrons. The predicted octanol–water partition coefficient (Wildman–Crippen LogP) is 1.52. The van der Waals surface area contributed by atoms with Crippen molar-refractivity contribution in [2.24, 2.45) is 5.73 Å². The lowest BCUT2D eigenvalue weighted by atomic mass is 10.2. The van der Waals surface area contributed by atoms with Gasteiger partial charge in [0.1, 0.15) is 12.3 Å². The second-order valence-electron chi connectivity index (χ2n) is 4.79. The Bertz CT molecular complexity index is 779. The fourth-order valence-corrected chi connectivity index (χ4v) is 3.20. The van der Waals surface area contributed by atoms with Crippen molar-refractivity contribution in [1.82, 2.24) is 4.90 Å². The van der Waals surface area contributed by atoms with Crippen LogP contribution in [0.3, 0.4) is 0 Å². The Kier molecular flexibility index (Phi) is 6.21. The maximum absolute atomic E-state index is 12.2. The van der Waals surface area contributed by atoms with Gasteiger partial charge in [-0.2, -0.15) is 0 Å². The molecule has 0 bridgehead atoms. The number of thioether (sulfide) groups is 1. The van der Waals surface area contributed by atoms with E-state index in [1.54, 1.807) is 18.2 Å². The number of rotatable bonds is 6. The number of carbonyl (C=O) groups is 4. The van der Waals surface area contributed by atoms with Crippen LogP contribution in [0.15, 0.2) is 27.6 Å². The summed E-state index contributed by atoms with van der Waals surface area (Å²) in [7, 11) is 1.18. The lowest BCUT2D eigenvalue weighted by molar-refractivity contribution is -0.143. The Hall–Kier alpha value is -2.33. The highest BCUT2D eigenvalue weighted by Crippen LogP contribution is 2.33. The number of halogens is 1. The summed E-state index contributed by atoms with van der Waals surface area (Å²) >= 11 is 4.03. The number of ether oxygens (including phenoxy) is 2. The van der Waals surface area contributed by atoms with E-state index in [2.05, 4.69) is 20.7 Å². The van der Waals surface area contributed by atoms with E-state index in [0.29, 0.717) is 15.8 Å². The number of benzene rings is 1. The third-order valence-electron chi connectivity index (χ3n) is 3.01. The van der Waals surface area contributed by atoms with E-state index in [-0.39, 0.29) is 11.5 Å². The number of carbonyl (C=O) groups excluding carboxylic acids is 4. The lowest BCUT2D eigenvalue weighted by Crippen LogP contribution is -2.34. The quantitative estimate of drug-likeness (QED) is 0.539. The molecule has 1 aliphatic rings. The minimum absolute atomic E-state index is 0.187. The minimum atomic E-state index is -0.678. The van der Waals surface area contributed by atoms with Gasteiger partial charge in [-0.3, -0.25) is 24.1 Å². The van der Waals surface area contributed by atoms with Crippen LogP contribution in [0.2, 0.25) is 0 Å². The monoisotopic (exact) mass is 428 g/mol. The molecule has 1 saturated heterocycles. The van der Waals surface area contributed by atoms with E-state index < -0.39 is 29.6 Å². The van der Waals surface area contributed by atoms with Crippen molar-refractivity contribution in [3.63, 3.8) is 0 Å². The van der Waals surface area contributed by atoms with Crippen LogP contribution in [0.1, 0.15) is 5.56 Å². The summed E-state index contributed by atoms with van der Waals surface area (Å²) in [5, 5.41) is -0.540. The fourth-order valence-electron chi connectivity index (χ4n) is 1.85. The number of methoxy groups -OCH3 is 1.